The monoisotopic (exact) mass is 312 g/mol. The van der Waals surface area contributed by atoms with Crippen molar-refractivity contribution in [2.24, 2.45) is 11.1 Å². The highest BCUT2D eigenvalue weighted by Crippen LogP contribution is 2.29. The lowest BCUT2D eigenvalue weighted by molar-refractivity contribution is 0.0777. The van der Waals surface area contributed by atoms with E-state index in [9.17, 15) is 4.79 Å². The summed E-state index contributed by atoms with van der Waals surface area (Å²) in [6, 6.07) is 9.70. The van der Waals surface area contributed by atoms with Gasteiger partial charge < -0.3 is 10.6 Å². The van der Waals surface area contributed by atoms with Crippen molar-refractivity contribution in [2.45, 2.75) is 27.2 Å². The molecule has 0 aliphatic carbocycles. The van der Waals surface area contributed by atoms with Crippen molar-refractivity contribution in [3.8, 4) is 5.69 Å². The first-order chi connectivity index (χ1) is 10.9. The van der Waals surface area contributed by atoms with Crippen molar-refractivity contribution >= 4 is 5.91 Å². The zero-order valence-electron chi connectivity index (χ0n) is 14.0. The molecule has 1 atom stereocenters. The van der Waals surface area contributed by atoms with Gasteiger partial charge in [0.2, 0.25) is 0 Å². The number of carbonyl (C=O) groups is 1. The molecule has 122 valence electrons. The Labute approximate surface area is 137 Å². The topological polar surface area (TPSA) is 64.2 Å². The second-order valence-electron chi connectivity index (χ2n) is 6.88. The summed E-state index contributed by atoms with van der Waals surface area (Å²) in [6.45, 7) is 8.29. The normalized spacial score (nSPS) is 21.0. The third-order valence-electron chi connectivity index (χ3n) is 4.71. The van der Waals surface area contributed by atoms with Crippen molar-refractivity contribution < 1.29 is 4.79 Å². The molecule has 1 aromatic carbocycles. The zero-order chi connectivity index (χ0) is 16.6. The van der Waals surface area contributed by atoms with E-state index in [2.05, 4.69) is 12.0 Å². The highest BCUT2D eigenvalue weighted by Gasteiger charge is 2.35. The second kappa shape index (κ2) is 5.81. The van der Waals surface area contributed by atoms with Gasteiger partial charge in [-0.1, -0.05) is 6.92 Å². The van der Waals surface area contributed by atoms with Gasteiger partial charge in [0.15, 0.2) is 0 Å². The Hall–Kier alpha value is -2.14. The molecule has 5 heteroatoms. The summed E-state index contributed by atoms with van der Waals surface area (Å²) >= 11 is 0. The highest BCUT2D eigenvalue weighted by molar-refractivity contribution is 5.94. The van der Waals surface area contributed by atoms with Crippen LogP contribution in [0.4, 0.5) is 0 Å². The zero-order valence-corrected chi connectivity index (χ0v) is 14.0. The lowest BCUT2D eigenvalue weighted by Gasteiger charge is -2.22. The van der Waals surface area contributed by atoms with E-state index in [-0.39, 0.29) is 11.3 Å². The van der Waals surface area contributed by atoms with Gasteiger partial charge in [0.1, 0.15) is 0 Å². The van der Waals surface area contributed by atoms with Gasteiger partial charge in [0.25, 0.3) is 5.91 Å². The van der Waals surface area contributed by atoms with Crippen molar-refractivity contribution in [2.75, 3.05) is 19.6 Å². The third kappa shape index (κ3) is 3.01. The highest BCUT2D eigenvalue weighted by atomic mass is 16.2. The number of carbonyl (C=O) groups excluding carboxylic acids is 1. The van der Waals surface area contributed by atoms with E-state index in [1.54, 1.807) is 0 Å². The van der Waals surface area contributed by atoms with Crippen LogP contribution in [0.2, 0.25) is 0 Å². The van der Waals surface area contributed by atoms with Gasteiger partial charge >= 0.3 is 0 Å². The van der Waals surface area contributed by atoms with Gasteiger partial charge in [-0.2, -0.15) is 5.10 Å². The molecule has 23 heavy (non-hydrogen) atoms. The van der Waals surface area contributed by atoms with E-state index < -0.39 is 0 Å². The number of hydrogen-bond donors (Lipinski definition) is 1. The summed E-state index contributed by atoms with van der Waals surface area (Å²) in [4.78, 5) is 14.5. The molecule has 1 saturated heterocycles. The van der Waals surface area contributed by atoms with Crippen molar-refractivity contribution in [1.29, 1.82) is 0 Å². The quantitative estimate of drug-likeness (QED) is 0.946. The molecule has 5 nitrogen and oxygen atoms in total. The molecule has 3 rings (SSSR count). The Bertz CT molecular complexity index is 719. The minimum atomic E-state index is 0.0549. The number of hydrogen-bond acceptors (Lipinski definition) is 3. The smallest absolute Gasteiger partial charge is 0.253 e. The van der Waals surface area contributed by atoms with Crippen molar-refractivity contribution in [3.63, 3.8) is 0 Å². The average molecular weight is 312 g/mol. The van der Waals surface area contributed by atoms with E-state index >= 15 is 0 Å². The minimum Gasteiger partial charge on any atom is -0.338 e. The Kier molecular flexibility index (Phi) is 3.98. The SMILES string of the molecule is Cc1cc(C)n(-c2ccc(C(=O)N3CCC(C)(CN)C3)cc2)n1. The molecular formula is C18H24N4O. The summed E-state index contributed by atoms with van der Waals surface area (Å²) in [5.41, 5.74) is 9.64. The fourth-order valence-corrected chi connectivity index (χ4v) is 3.18. The molecule has 2 heterocycles. The molecule has 1 aromatic heterocycles. The molecule has 0 radical (unpaired) electrons. The van der Waals surface area contributed by atoms with E-state index in [4.69, 9.17) is 5.73 Å². The lowest BCUT2D eigenvalue weighted by Crippen LogP contribution is -2.34. The molecule has 1 aliphatic rings. The Morgan fingerprint density at radius 2 is 2.00 bits per heavy atom. The summed E-state index contributed by atoms with van der Waals surface area (Å²) < 4.78 is 1.89. The summed E-state index contributed by atoms with van der Waals surface area (Å²) in [5, 5.41) is 4.47. The van der Waals surface area contributed by atoms with Crippen LogP contribution in [-0.4, -0.2) is 40.2 Å². The van der Waals surface area contributed by atoms with Gasteiger partial charge in [-0.05, 0) is 62.6 Å². The van der Waals surface area contributed by atoms with Crippen LogP contribution in [0.15, 0.2) is 30.3 Å². The van der Waals surface area contributed by atoms with Gasteiger partial charge in [-0.3, -0.25) is 4.79 Å². The molecule has 0 saturated carbocycles. The molecular weight excluding hydrogens is 288 g/mol. The summed E-state index contributed by atoms with van der Waals surface area (Å²) in [6.07, 6.45) is 0.971. The maximum atomic E-state index is 12.6. The first-order valence-corrected chi connectivity index (χ1v) is 8.05. The van der Waals surface area contributed by atoms with E-state index in [0.717, 1.165) is 42.1 Å². The van der Waals surface area contributed by atoms with Crippen LogP contribution < -0.4 is 5.73 Å². The number of amides is 1. The molecule has 2 N–H and O–H groups in total. The van der Waals surface area contributed by atoms with Gasteiger partial charge in [0.05, 0.1) is 11.4 Å². The molecule has 1 amide bonds. The Morgan fingerprint density at radius 1 is 1.30 bits per heavy atom. The van der Waals surface area contributed by atoms with E-state index in [1.165, 1.54) is 0 Å². The van der Waals surface area contributed by atoms with Crippen LogP contribution in [0.25, 0.3) is 5.69 Å². The number of aryl methyl sites for hydroxylation is 2. The van der Waals surface area contributed by atoms with Gasteiger partial charge in [0, 0.05) is 24.3 Å². The van der Waals surface area contributed by atoms with E-state index in [1.807, 2.05) is 53.8 Å². The molecule has 2 aromatic rings. The lowest BCUT2D eigenvalue weighted by atomic mass is 9.90. The molecule has 1 aliphatic heterocycles. The van der Waals surface area contributed by atoms with Crippen LogP contribution in [-0.2, 0) is 0 Å². The Morgan fingerprint density at radius 3 is 2.52 bits per heavy atom. The molecule has 1 unspecified atom stereocenters. The van der Waals surface area contributed by atoms with Crippen LogP contribution in [0, 0.1) is 19.3 Å². The third-order valence-corrected chi connectivity index (χ3v) is 4.71. The molecule has 0 spiro atoms. The Balaban J connectivity index is 1.77. The first kappa shape index (κ1) is 15.7. The van der Waals surface area contributed by atoms with Crippen LogP contribution in [0.1, 0.15) is 35.1 Å². The number of aromatic nitrogens is 2. The summed E-state index contributed by atoms with van der Waals surface area (Å²) in [7, 11) is 0. The van der Waals surface area contributed by atoms with Crippen LogP contribution in [0.3, 0.4) is 0 Å². The van der Waals surface area contributed by atoms with Gasteiger partial charge in [-0.15, -0.1) is 0 Å². The first-order valence-electron chi connectivity index (χ1n) is 8.05. The van der Waals surface area contributed by atoms with Crippen molar-refractivity contribution in [3.05, 3.63) is 47.3 Å². The fourth-order valence-electron chi connectivity index (χ4n) is 3.18. The molecule has 0 bridgehead atoms. The van der Waals surface area contributed by atoms with Gasteiger partial charge in [-0.25, -0.2) is 4.68 Å². The number of benzene rings is 1. The standard InChI is InChI=1S/C18H24N4O/c1-13-10-14(2)22(20-13)16-6-4-15(5-7-16)17(23)21-9-8-18(3,11-19)12-21/h4-7,10H,8-9,11-12,19H2,1-3H3. The predicted molar refractivity (Wildman–Crippen MR) is 90.7 cm³/mol. The van der Waals surface area contributed by atoms with Crippen LogP contribution >= 0.6 is 0 Å². The fraction of sp³-hybridized carbons (Fsp3) is 0.444. The van der Waals surface area contributed by atoms with E-state index in [0.29, 0.717) is 6.54 Å². The number of rotatable bonds is 3. The van der Waals surface area contributed by atoms with Crippen LogP contribution in [0.5, 0.6) is 0 Å². The number of nitrogens with zero attached hydrogens (tertiary/aromatic N) is 3. The maximum Gasteiger partial charge on any atom is 0.253 e. The number of nitrogens with two attached hydrogens (primary N) is 1. The number of likely N-dealkylation sites (tertiary alicyclic amines) is 1. The average Bonchev–Trinajstić information content (AvgIpc) is 3.10. The largest absolute Gasteiger partial charge is 0.338 e. The predicted octanol–water partition coefficient (Wildman–Crippen LogP) is 2.30. The van der Waals surface area contributed by atoms with Crippen molar-refractivity contribution in [1.82, 2.24) is 14.7 Å². The summed E-state index contributed by atoms with van der Waals surface area (Å²) in [5.74, 6) is 0.0853. The molecule has 1 fully saturated rings. The maximum absolute atomic E-state index is 12.6. The minimum absolute atomic E-state index is 0.0549. The second-order valence-corrected chi connectivity index (χ2v) is 6.88.